The molecule has 1 amide bonds. The van der Waals surface area contributed by atoms with Gasteiger partial charge in [0.05, 0.1) is 13.2 Å². The number of amides is 1. The molecular formula is C26H40N2O9. The molecule has 0 saturated carbocycles. The number of aromatic nitrogens is 1. The van der Waals surface area contributed by atoms with Gasteiger partial charge in [0.1, 0.15) is 18.2 Å². The Balaban J connectivity index is 2.20. The number of ether oxygens (including phenoxy) is 6. The molecule has 37 heavy (non-hydrogen) atoms. The molecule has 1 aliphatic rings. The molecule has 1 aromatic rings. The minimum absolute atomic E-state index is 0.0104. The molecule has 1 N–H and O–H groups in total. The second-order valence-electron chi connectivity index (χ2n) is 9.29. The molecule has 0 radical (unpaired) electrons. The van der Waals surface area contributed by atoms with Gasteiger partial charge >= 0.3 is 11.9 Å². The summed E-state index contributed by atoms with van der Waals surface area (Å²) in [5.41, 5.74) is -0.116. The third-order valence-corrected chi connectivity index (χ3v) is 5.63. The van der Waals surface area contributed by atoms with Crippen LogP contribution >= 0.6 is 0 Å². The van der Waals surface area contributed by atoms with E-state index in [4.69, 9.17) is 28.4 Å². The van der Waals surface area contributed by atoms with E-state index in [1.54, 1.807) is 6.92 Å². The lowest BCUT2D eigenvalue weighted by Gasteiger charge is -2.31. The van der Waals surface area contributed by atoms with Crippen molar-refractivity contribution in [3.8, 4) is 11.5 Å². The summed E-state index contributed by atoms with van der Waals surface area (Å²) in [7, 11) is 1.40. The molecule has 1 fully saturated rings. The molecule has 11 heteroatoms. The molecule has 4 atom stereocenters. The van der Waals surface area contributed by atoms with E-state index in [0.29, 0.717) is 38.4 Å². The number of carbonyl (C=O) groups excluding carboxylic acids is 3. The van der Waals surface area contributed by atoms with Crippen LogP contribution < -0.4 is 14.8 Å². The average Bonchev–Trinajstić information content (AvgIpc) is 2.90. The van der Waals surface area contributed by atoms with E-state index >= 15 is 0 Å². The van der Waals surface area contributed by atoms with Crippen LogP contribution in [0.1, 0.15) is 70.8 Å². The molecular weight excluding hydrogens is 484 g/mol. The fourth-order valence-electron chi connectivity index (χ4n) is 3.85. The number of nitrogens with one attached hydrogen (secondary N) is 1. The quantitative estimate of drug-likeness (QED) is 0.321. The second kappa shape index (κ2) is 15.4. The topological polar surface area (TPSA) is 132 Å². The number of rotatable bonds is 12. The van der Waals surface area contributed by atoms with Gasteiger partial charge in [-0.25, -0.2) is 9.78 Å². The number of hydrogen-bond acceptors (Lipinski definition) is 10. The van der Waals surface area contributed by atoms with Crippen molar-refractivity contribution >= 4 is 17.8 Å². The Hall–Kier alpha value is -2.92. The highest BCUT2D eigenvalue weighted by Gasteiger charge is 2.36. The van der Waals surface area contributed by atoms with E-state index in [9.17, 15) is 14.4 Å². The normalized spacial score (nSPS) is 22.3. The summed E-state index contributed by atoms with van der Waals surface area (Å²) in [6, 6.07) is 0.587. The van der Waals surface area contributed by atoms with E-state index in [0.717, 1.165) is 6.42 Å². The second-order valence-corrected chi connectivity index (χ2v) is 9.29. The first-order chi connectivity index (χ1) is 17.7. The van der Waals surface area contributed by atoms with E-state index in [2.05, 4.69) is 24.1 Å². The van der Waals surface area contributed by atoms with Crippen molar-refractivity contribution in [1.82, 2.24) is 10.3 Å². The zero-order chi connectivity index (χ0) is 27.4. The fourth-order valence-corrected chi connectivity index (χ4v) is 3.85. The predicted octanol–water partition coefficient (Wildman–Crippen LogP) is 3.04. The molecule has 1 saturated heterocycles. The van der Waals surface area contributed by atoms with Crippen molar-refractivity contribution in [3.63, 3.8) is 0 Å². The van der Waals surface area contributed by atoms with Crippen LogP contribution in [0.15, 0.2) is 12.3 Å². The van der Waals surface area contributed by atoms with E-state index in [1.165, 1.54) is 26.3 Å². The zero-order valence-corrected chi connectivity index (χ0v) is 22.6. The molecule has 0 bridgehead atoms. The lowest BCUT2D eigenvalue weighted by molar-refractivity contribution is -0.168. The molecule has 0 unspecified atom stereocenters. The Labute approximate surface area is 218 Å². The van der Waals surface area contributed by atoms with Crippen molar-refractivity contribution in [2.45, 2.75) is 84.7 Å². The first kappa shape index (κ1) is 30.3. The Morgan fingerprint density at radius 3 is 2.65 bits per heavy atom. The molecule has 1 aliphatic heterocycles. The Kier molecular flexibility index (Phi) is 12.6. The minimum atomic E-state index is -0.917. The van der Waals surface area contributed by atoms with Gasteiger partial charge in [-0.15, -0.1) is 0 Å². The highest BCUT2D eigenvalue weighted by atomic mass is 16.7. The standard InChI is InChI=1S/C26H40N2O9/c1-7-13-33-23-17(4)37-26(31)19(9-8-10-21(23)34-14-16(2)3)28-25(30)22-24(36-15-35-18(5)29)20(32-6)11-12-27-22/h11-12,16-17,19,21,23H,7-10,13-15H2,1-6H3,(H,28,30)/t17-,19-,21-,23-/m0/s1. The van der Waals surface area contributed by atoms with E-state index in [-0.39, 0.29) is 23.3 Å². The Bertz CT molecular complexity index is 893. The molecule has 11 nitrogen and oxygen atoms in total. The third-order valence-electron chi connectivity index (χ3n) is 5.63. The molecule has 1 aromatic heterocycles. The molecule has 0 spiro atoms. The van der Waals surface area contributed by atoms with Crippen molar-refractivity contribution in [2.75, 3.05) is 27.1 Å². The lowest BCUT2D eigenvalue weighted by atomic mass is 10.0. The van der Waals surface area contributed by atoms with Crippen LogP contribution in [0.2, 0.25) is 0 Å². The van der Waals surface area contributed by atoms with Crippen LogP contribution in [0.25, 0.3) is 0 Å². The summed E-state index contributed by atoms with van der Waals surface area (Å²) in [5.74, 6) is -1.22. The number of methoxy groups -OCH3 is 1. The van der Waals surface area contributed by atoms with Crippen molar-refractivity contribution in [1.29, 1.82) is 0 Å². The third kappa shape index (κ3) is 9.47. The Morgan fingerprint density at radius 2 is 2.00 bits per heavy atom. The van der Waals surface area contributed by atoms with Gasteiger partial charge in [0.15, 0.2) is 17.2 Å². The van der Waals surface area contributed by atoms with Gasteiger partial charge in [-0.05, 0) is 38.5 Å². The number of esters is 2. The van der Waals surface area contributed by atoms with Crippen LogP contribution in [0.5, 0.6) is 11.5 Å². The van der Waals surface area contributed by atoms with Gasteiger partial charge in [-0.3, -0.25) is 9.59 Å². The van der Waals surface area contributed by atoms with Crippen molar-refractivity contribution < 1.29 is 42.8 Å². The molecule has 0 aromatic carbocycles. The van der Waals surface area contributed by atoms with Crippen molar-refractivity contribution in [3.05, 3.63) is 18.0 Å². The van der Waals surface area contributed by atoms with Crippen LogP contribution in [0, 0.1) is 5.92 Å². The van der Waals surface area contributed by atoms with E-state index < -0.39 is 42.9 Å². The van der Waals surface area contributed by atoms with Crippen LogP contribution in [-0.4, -0.2) is 74.3 Å². The van der Waals surface area contributed by atoms with Gasteiger partial charge in [0, 0.05) is 32.4 Å². The van der Waals surface area contributed by atoms with Gasteiger partial charge < -0.3 is 33.7 Å². The highest BCUT2D eigenvalue weighted by Crippen LogP contribution is 2.30. The summed E-state index contributed by atoms with van der Waals surface area (Å²) in [6.07, 6.45) is 2.54. The first-order valence-corrected chi connectivity index (χ1v) is 12.7. The van der Waals surface area contributed by atoms with Crippen molar-refractivity contribution in [2.24, 2.45) is 5.92 Å². The summed E-state index contributed by atoms with van der Waals surface area (Å²) < 4.78 is 33.5. The number of cyclic esters (lactones) is 1. The zero-order valence-electron chi connectivity index (χ0n) is 22.6. The van der Waals surface area contributed by atoms with Gasteiger partial charge in [0.2, 0.25) is 6.79 Å². The van der Waals surface area contributed by atoms with Gasteiger partial charge in [-0.1, -0.05) is 20.8 Å². The predicted molar refractivity (Wildman–Crippen MR) is 133 cm³/mol. The minimum Gasteiger partial charge on any atom is -0.493 e. The summed E-state index contributed by atoms with van der Waals surface area (Å²) in [6.45, 7) is 9.82. The number of carbonyl (C=O) groups is 3. The maximum atomic E-state index is 13.2. The number of hydrogen-bond donors (Lipinski definition) is 1. The van der Waals surface area contributed by atoms with Crippen LogP contribution in [0.3, 0.4) is 0 Å². The van der Waals surface area contributed by atoms with E-state index in [1.807, 2.05) is 6.92 Å². The number of pyridine rings is 1. The number of nitrogens with zero attached hydrogens (tertiary/aromatic N) is 1. The summed E-state index contributed by atoms with van der Waals surface area (Å²) in [4.78, 5) is 41.5. The summed E-state index contributed by atoms with van der Waals surface area (Å²) in [5, 5.41) is 2.71. The SMILES string of the molecule is CCCO[C@H]1[C@H](C)OC(=O)[C@@H](NC(=O)c2nccc(OC)c2OCOC(C)=O)CCC[C@@H]1OCC(C)C. The fraction of sp³-hybridized carbons (Fsp3) is 0.692. The molecule has 208 valence electrons. The largest absolute Gasteiger partial charge is 0.493 e. The first-order valence-electron chi connectivity index (χ1n) is 12.7. The highest BCUT2D eigenvalue weighted by molar-refractivity contribution is 5.98. The Morgan fingerprint density at radius 1 is 1.24 bits per heavy atom. The lowest BCUT2D eigenvalue weighted by Crippen LogP contribution is -2.46. The van der Waals surface area contributed by atoms with Crippen LogP contribution in [-0.2, 0) is 28.5 Å². The van der Waals surface area contributed by atoms with Gasteiger partial charge in [0.25, 0.3) is 5.91 Å². The maximum absolute atomic E-state index is 13.2. The maximum Gasteiger partial charge on any atom is 0.329 e. The monoisotopic (exact) mass is 524 g/mol. The van der Waals surface area contributed by atoms with Gasteiger partial charge in [-0.2, -0.15) is 0 Å². The smallest absolute Gasteiger partial charge is 0.329 e. The molecule has 0 aliphatic carbocycles. The molecule has 2 heterocycles. The molecule has 2 rings (SSSR count). The average molecular weight is 525 g/mol. The van der Waals surface area contributed by atoms with Crippen LogP contribution in [0.4, 0.5) is 0 Å². The summed E-state index contributed by atoms with van der Waals surface area (Å²) >= 11 is 0.